The van der Waals surface area contributed by atoms with E-state index in [2.05, 4.69) is 0 Å². The van der Waals surface area contributed by atoms with Crippen molar-refractivity contribution < 1.29 is 28.9 Å². The van der Waals surface area contributed by atoms with Crippen molar-refractivity contribution in [2.45, 2.75) is 44.9 Å². The van der Waals surface area contributed by atoms with E-state index in [0.29, 0.717) is 29.2 Å². The van der Waals surface area contributed by atoms with Gasteiger partial charge in [-0.1, -0.05) is 6.92 Å². The van der Waals surface area contributed by atoms with E-state index in [9.17, 15) is 14.7 Å². The fourth-order valence-corrected chi connectivity index (χ4v) is 2.78. The van der Waals surface area contributed by atoms with Crippen LogP contribution in [0.5, 0.6) is 11.5 Å². The Morgan fingerprint density at radius 1 is 1.32 bits per heavy atom. The standard InChI is InChI=1S/C17H24N2O6/c1-5-9(2)25-17(22)19-12-8-15(24-4)14(23-3)6-10(12)11(18)7-13(19)16(20)21/h6,8-9,11,13H,5,7,18H2,1-4H3,(H,20,21). The fraction of sp³-hybridized carbons (Fsp3) is 0.529. The van der Waals surface area contributed by atoms with E-state index in [1.54, 1.807) is 19.1 Å². The molecule has 0 saturated carbocycles. The molecule has 0 spiro atoms. The number of fused-ring (bicyclic) bond motifs is 1. The average molecular weight is 352 g/mol. The van der Waals surface area contributed by atoms with Crippen LogP contribution < -0.4 is 20.1 Å². The summed E-state index contributed by atoms with van der Waals surface area (Å²) in [5.74, 6) is -0.307. The molecule has 25 heavy (non-hydrogen) atoms. The molecule has 8 nitrogen and oxygen atoms in total. The van der Waals surface area contributed by atoms with E-state index in [4.69, 9.17) is 19.9 Å². The summed E-state index contributed by atoms with van der Waals surface area (Å²) < 4.78 is 15.9. The second-order valence-corrected chi connectivity index (χ2v) is 5.93. The number of carbonyl (C=O) groups excluding carboxylic acids is 1. The summed E-state index contributed by atoms with van der Waals surface area (Å²) in [4.78, 5) is 25.5. The maximum atomic E-state index is 12.6. The SMILES string of the molecule is CCC(C)OC(=O)N1c2cc(OC)c(OC)cc2C(N)CC1C(=O)O. The molecular formula is C17H24N2O6. The zero-order valence-electron chi connectivity index (χ0n) is 14.8. The number of carboxylic acids is 1. The number of benzene rings is 1. The molecule has 3 unspecified atom stereocenters. The Morgan fingerprint density at radius 2 is 1.92 bits per heavy atom. The number of hydrogen-bond donors (Lipinski definition) is 2. The largest absolute Gasteiger partial charge is 0.493 e. The molecule has 0 saturated heterocycles. The van der Waals surface area contributed by atoms with Gasteiger partial charge in [0.15, 0.2) is 11.5 Å². The molecule has 3 atom stereocenters. The van der Waals surface area contributed by atoms with Gasteiger partial charge in [0.25, 0.3) is 0 Å². The van der Waals surface area contributed by atoms with Crippen LogP contribution >= 0.6 is 0 Å². The van der Waals surface area contributed by atoms with Gasteiger partial charge >= 0.3 is 12.1 Å². The Hall–Kier alpha value is -2.48. The van der Waals surface area contributed by atoms with Crippen LogP contribution in [-0.4, -0.2) is 43.5 Å². The summed E-state index contributed by atoms with van der Waals surface area (Å²) in [5.41, 5.74) is 7.11. The first-order chi connectivity index (χ1) is 11.8. The number of amides is 1. The Balaban J connectivity index is 2.56. The van der Waals surface area contributed by atoms with E-state index in [1.165, 1.54) is 14.2 Å². The van der Waals surface area contributed by atoms with Crippen molar-refractivity contribution in [1.82, 2.24) is 0 Å². The quantitative estimate of drug-likeness (QED) is 0.836. The van der Waals surface area contributed by atoms with Gasteiger partial charge in [-0.05, 0) is 31.4 Å². The summed E-state index contributed by atoms with van der Waals surface area (Å²) in [6, 6.07) is 1.56. The van der Waals surface area contributed by atoms with Crippen LogP contribution in [0.3, 0.4) is 0 Å². The summed E-state index contributed by atoms with van der Waals surface area (Å²) in [6.45, 7) is 3.62. The lowest BCUT2D eigenvalue weighted by molar-refractivity contribution is -0.139. The van der Waals surface area contributed by atoms with E-state index < -0.39 is 24.1 Å². The van der Waals surface area contributed by atoms with E-state index in [0.717, 1.165) is 4.90 Å². The molecule has 2 rings (SSSR count). The van der Waals surface area contributed by atoms with Crippen molar-refractivity contribution in [2.24, 2.45) is 5.73 Å². The Kier molecular flexibility index (Phi) is 5.73. The van der Waals surface area contributed by atoms with E-state index in [-0.39, 0.29) is 12.5 Å². The molecule has 8 heteroatoms. The Labute approximate surface area is 146 Å². The number of hydrogen-bond acceptors (Lipinski definition) is 6. The highest BCUT2D eigenvalue weighted by Gasteiger charge is 2.41. The number of anilines is 1. The van der Waals surface area contributed by atoms with E-state index >= 15 is 0 Å². The molecule has 0 radical (unpaired) electrons. The maximum absolute atomic E-state index is 12.6. The van der Waals surface area contributed by atoms with Crippen molar-refractivity contribution in [3.63, 3.8) is 0 Å². The minimum Gasteiger partial charge on any atom is -0.493 e. The van der Waals surface area contributed by atoms with Crippen molar-refractivity contribution in [3.8, 4) is 11.5 Å². The van der Waals surface area contributed by atoms with Crippen molar-refractivity contribution >= 4 is 17.7 Å². The van der Waals surface area contributed by atoms with Gasteiger partial charge in [0.2, 0.25) is 0 Å². The van der Waals surface area contributed by atoms with Gasteiger partial charge < -0.3 is 25.1 Å². The van der Waals surface area contributed by atoms with Crippen LogP contribution in [0.25, 0.3) is 0 Å². The van der Waals surface area contributed by atoms with Crippen LogP contribution in [0.2, 0.25) is 0 Å². The van der Waals surface area contributed by atoms with Crippen LogP contribution in [0.15, 0.2) is 12.1 Å². The first-order valence-corrected chi connectivity index (χ1v) is 8.08. The molecule has 0 aliphatic carbocycles. The lowest BCUT2D eigenvalue weighted by Gasteiger charge is -2.37. The van der Waals surface area contributed by atoms with Gasteiger partial charge in [0.1, 0.15) is 12.1 Å². The molecule has 0 aromatic heterocycles. The third-order valence-corrected chi connectivity index (χ3v) is 4.34. The molecular weight excluding hydrogens is 328 g/mol. The lowest BCUT2D eigenvalue weighted by Crippen LogP contribution is -2.51. The molecule has 1 aliphatic rings. The van der Waals surface area contributed by atoms with Gasteiger partial charge in [-0.3, -0.25) is 4.90 Å². The molecule has 1 heterocycles. The number of ether oxygens (including phenoxy) is 3. The van der Waals surface area contributed by atoms with Gasteiger partial charge in [-0.25, -0.2) is 9.59 Å². The van der Waals surface area contributed by atoms with Crippen LogP contribution in [0, 0.1) is 0 Å². The van der Waals surface area contributed by atoms with Gasteiger partial charge in [0, 0.05) is 12.1 Å². The predicted molar refractivity (Wildman–Crippen MR) is 91.2 cm³/mol. The molecule has 1 aromatic rings. The summed E-state index contributed by atoms with van der Waals surface area (Å²) in [5, 5.41) is 9.56. The summed E-state index contributed by atoms with van der Waals surface area (Å²) in [7, 11) is 2.96. The number of nitrogens with zero attached hydrogens (tertiary/aromatic N) is 1. The topological polar surface area (TPSA) is 111 Å². The fourth-order valence-electron chi connectivity index (χ4n) is 2.78. The van der Waals surface area contributed by atoms with Crippen LogP contribution in [0.4, 0.5) is 10.5 Å². The number of rotatable bonds is 5. The molecule has 0 bridgehead atoms. The number of carboxylic acid groups (broad SMARTS) is 1. The highest BCUT2D eigenvalue weighted by molar-refractivity contribution is 5.97. The number of aliphatic carboxylic acids is 1. The van der Waals surface area contributed by atoms with Crippen LogP contribution in [0.1, 0.15) is 38.3 Å². The lowest BCUT2D eigenvalue weighted by atomic mass is 9.91. The monoisotopic (exact) mass is 352 g/mol. The highest BCUT2D eigenvalue weighted by Crippen LogP contribution is 2.43. The van der Waals surface area contributed by atoms with Gasteiger partial charge in [0.05, 0.1) is 19.9 Å². The number of nitrogens with two attached hydrogens (primary N) is 1. The predicted octanol–water partition coefficient (Wildman–Crippen LogP) is 2.30. The third-order valence-electron chi connectivity index (χ3n) is 4.34. The summed E-state index contributed by atoms with van der Waals surface area (Å²) in [6.07, 6.45) is -0.355. The average Bonchev–Trinajstić information content (AvgIpc) is 2.59. The maximum Gasteiger partial charge on any atom is 0.415 e. The Morgan fingerprint density at radius 3 is 2.44 bits per heavy atom. The molecule has 3 N–H and O–H groups in total. The van der Waals surface area contributed by atoms with Crippen molar-refractivity contribution in [3.05, 3.63) is 17.7 Å². The molecule has 1 aromatic carbocycles. The summed E-state index contributed by atoms with van der Waals surface area (Å²) >= 11 is 0. The van der Waals surface area contributed by atoms with Gasteiger partial charge in [-0.2, -0.15) is 0 Å². The second kappa shape index (κ2) is 7.60. The smallest absolute Gasteiger partial charge is 0.415 e. The molecule has 0 fully saturated rings. The molecule has 1 aliphatic heterocycles. The van der Waals surface area contributed by atoms with E-state index in [1.807, 2.05) is 6.92 Å². The normalized spacial score (nSPS) is 20.4. The molecule has 138 valence electrons. The second-order valence-electron chi connectivity index (χ2n) is 5.93. The third kappa shape index (κ3) is 3.63. The minimum absolute atomic E-state index is 0.0768. The zero-order chi connectivity index (χ0) is 18.7. The Bertz CT molecular complexity index is 663. The zero-order valence-corrected chi connectivity index (χ0v) is 14.8. The van der Waals surface area contributed by atoms with Gasteiger partial charge in [-0.15, -0.1) is 0 Å². The first kappa shape index (κ1) is 18.9. The number of carbonyl (C=O) groups is 2. The van der Waals surface area contributed by atoms with Crippen molar-refractivity contribution in [1.29, 1.82) is 0 Å². The highest BCUT2D eigenvalue weighted by atomic mass is 16.6. The number of methoxy groups -OCH3 is 2. The molecule has 1 amide bonds. The first-order valence-electron chi connectivity index (χ1n) is 8.08. The van der Waals surface area contributed by atoms with Crippen molar-refractivity contribution in [2.75, 3.05) is 19.1 Å². The van der Waals surface area contributed by atoms with Crippen LogP contribution in [-0.2, 0) is 9.53 Å². The minimum atomic E-state index is -1.14.